The molecule has 0 aliphatic carbocycles. The predicted octanol–water partition coefficient (Wildman–Crippen LogP) is 3.76. The number of hydrogen-bond donors (Lipinski definition) is 0. The molecule has 7 heteroatoms. The molecule has 0 radical (unpaired) electrons. The van der Waals surface area contributed by atoms with E-state index in [0.717, 1.165) is 29.9 Å². The molecular formula is C22H24N4O3. The van der Waals surface area contributed by atoms with Crippen LogP contribution in [0.15, 0.2) is 47.1 Å². The molecule has 3 rings (SSSR count). The lowest BCUT2D eigenvalue weighted by Crippen LogP contribution is -2.23. The second-order valence-corrected chi connectivity index (χ2v) is 6.42. The van der Waals surface area contributed by atoms with E-state index in [0.29, 0.717) is 25.3 Å². The fourth-order valence-corrected chi connectivity index (χ4v) is 2.85. The highest BCUT2D eigenvalue weighted by Crippen LogP contribution is 2.22. The van der Waals surface area contributed by atoms with E-state index in [1.807, 2.05) is 37.3 Å². The standard InChI is InChI=1S/C22H24N4O3/c1-3-28-22(27)20(26-23-15-16-24-26)14-10-5-4-9-13-19-17(2)29-21(25-19)18-11-7-6-8-12-18/h6-8,11-12,15-16,20H,3-4,9,13-14H2,1-2H3. The van der Waals surface area contributed by atoms with Crippen molar-refractivity contribution in [1.82, 2.24) is 20.0 Å². The summed E-state index contributed by atoms with van der Waals surface area (Å²) in [5.41, 5.74) is 1.93. The lowest BCUT2D eigenvalue weighted by atomic mass is 10.1. The van der Waals surface area contributed by atoms with Crippen molar-refractivity contribution in [2.45, 2.75) is 45.6 Å². The van der Waals surface area contributed by atoms with Crippen molar-refractivity contribution in [2.24, 2.45) is 0 Å². The second-order valence-electron chi connectivity index (χ2n) is 6.42. The summed E-state index contributed by atoms with van der Waals surface area (Å²) in [7, 11) is 0. The van der Waals surface area contributed by atoms with Crippen LogP contribution >= 0.6 is 0 Å². The number of hydrogen-bond acceptors (Lipinski definition) is 6. The molecule has 0 amide bonds. The summed E-state index contributed by atoms with van der Waals surface area (Å²) in [5.74, 6) is 7.28. The van der Waals surface area contributed by atoms with Crippen LogP contribution in [0.2, 0.25) is 0 Å². The van der Waals surface area contributed by atoms with Gasteiger partial charge in [-0.15, -0.1) is 11.8 Å². The highest BCUT2D eigenvalue weighted by Gasteiger charge is 2.22. The zero-order chi connectivity index (χ0) is 20.5. The third-order valence-corrected chi connectivity index (χ3v) is 4.32. The van der Waals surface area contributed by atoms with Gasteiger partial charge >= 0.3 is 5.97 Å². The van der Waals surface area contributed by atoms with E-state index in [9.17, 15) is 4.79 Å². The molecule has 0 fully saturated rings. The summed E-state index contributed by atoms with van der Waals surface area (Å²) >= 11 is 0. The van der Waals surface area contributed by atoms with Gasteiger partial charge < -0.3 is 9.15 Å². The molecule has 0 bridgehead atoms. The molecule has 0 aliphatic heterocycles. The van der Waals surface area contributed by atoms with E-state index in [2.05, 4.69) is 27.0 Å². The summed E-state index contributed by atoms with van der Waals surface area (Å²) in [6, 6.07) is 9.24. The van der Waals surface area contributed by atoms with Crippen LogP contribution in [0.4, 0.5) is 0 Å². The minimum Gasteiger partial charge on any atom is -0.464 e. The fraction of sp³-hybridized carbons (Fsp3) is 0.364. The number of unbranched alkanes of at least 4 members (excludes halogenated alkanes) is 1. The van der Waals surface area contributed by atoms with Crippen LogP contribution in [0.25, 0.3) is 11.5 Å². The Balaban J connectivity index is 1.51. The lowest BCUT2D eigenvalue weighted by molar-refractivity contribution is -0.147. The van der Waals surface area contributed by atoms with E-state index in [4.69, 9.17) is 9.15 Å². The maximum Gasteiger partial charge on any atom is 0.333 e. The molecule has 0 spiro atoms. The molecule has 0 aliphatic rings. The number of rotatable bonds is 8. The number of benzene rings is 1. The van der Waals surface area contributed by atoms with Gasteiger partial charge in [-0.05, 0) is 38.8 Å². The molecule has 0 saturated carbocycles. The molecule has 2 heterocycles. The summed E-state index contributed by atoms with van der Waals surface area (Å²) < 4.78 is 10.9. The summed E-state index contributed by atoms with van der Waals surface area (Å²) in [6.45, 7) is 4.01. The average molecular weight is 392 g/mol. The Morgan fingerprint density at radius 2 is 1.97 bits per heavy atom. The SMILES string of the molecule is CCOC(=O)C(CC#CCCCc1nc(-c2ccccc2)oc1C)n1nccn1. The third-order valence-electron chi connectivity index (χ3n) is 4.32. The number of nitrogens with zero attached hydrogens (tertiary/aromatic N) is 4. The average Bonchev–Trinajstić information content (AvgIpc) is 3.38. The van der Waals surface area contributed by atoms with Crippen LogP contribution in [-0.2, 0) is 16.0 Å². The monoisotopic (exact) mass is 392 g/mol. The van der Waals surface area contributed by atoms with Gasteiger partial charge in [0.2, 0.25) is 5.89 Å². The molecule has 3 aromatic rings. The number of carbonyl (C=O) groups is 1. The first-order valence-corrected chi connectivity index (χ1v) is 9.69. The van der Waals surface area contributed by atoms with Gasteiger partial charge in [0.25, 0.3) is 0 Å². The van der Waals surface area contributed by atoms with Crippen molar-refractivity contribution in [1.29, 1.82) is 0 Å². The zero-order valence-corrected chi connectivity index (χ0v) is 16.7. The quantitative estimate of drug-likeness (QED) is 0.330. The van der Waals surface area contributed by atoms with Crippen LogP contribution in [0.1, 0.15) is 43.7 Å². The Morgan fingerprint density at radius 1 is 1.21 bits per heavy atom. The smallest absolute Gasteiger partial charge is 0.333 e. The van der Waals surface area contributed by atoms with Gasteiger partial charge in [-0.2, -0.15) is 15.0 Å². The van der Waals surface area contributed by atoms with Crippen molar-refractivity contribution >= 4 is 5.97 Å². The Bertz CT molecular complexity index is 969. The number of oxazole rings is 1. The molecule has 0 N–H and O–H groups in total. The number of esters is 1. The maximum atomic E-state index is 12.1. The molecule has 150 valence electrons. The molecule has 0 saturated heterocycles. The highest BCUT2D eigenvalue weighted by molar-refractivity contribution is 5.74. The van der Waals surface area contributed by atoms with Gasteiger partial charge in [0, 0.05) is 18.4 Å². The molecular weight excluding hydrogens is 368 g/mol. The highest BCUT2D eigenvalue weighted by atomic mass is 16.5. The first-order valence-electron chi connectivity index (χ1n) is 9.69. The molecule has 2 aromatic heterocycles. The van der Waals surface area contributed by atoms with Crippen molar-refractivity contribution in [3.05, 3.63) is 54.2 Å². The normalized spacial score (nSPS) is 11.5. The first kappa shape index (κ1) is 20.3. The molecule has 1 unspecified atom stereocenters. The Morgan fingerprint density at radius 3 is 2.69 bits per heavy atom. The fourth-order valence-electron chi connectivity index (χ4n) is 2.85. The van der Waals surface area contributed by atoms with Gasteiger partial charge in [-0.1, -0.05) is 18.2 Å². The van der Waals surface area contributed by atoms with E-state index in [1.54, 1.807) is 6.92 Å². The third kappa shape index (κ3) is 5.55. The van der Waals surface area contributed by atoms with Crippen molar-refractivity contribution in [3.63, 3.8) is 0 Å². The van der Waals surface area contributed by atoms with Crippen LogP contribution in [0.3, 0.4) is 0 Å². The Hall–Kier alpha value is -3.40. The van der Waals surface area contributed by atoms with Gasteiger partial charge in [0.05, 0.1) is 24.7 Å². The number of aryl methyl sites for hydroxylation is 2. The van der Waals surface area contributed by atoms with Gasteiger partial charge in [0.1, 0.15) is 5.76 Å². The molecule has 29 heavy (non-hydrogen) atoms. The number of aromatic nitrogens is 4. The van der Waals surface area contributed by atoms with Crippen LogP contribution in [-0.4, -0.2) is 32.6 Å². The van der Waals surface area contributed by atoms with Gasteiger partial charge in [-0.3, -0.25) is 0 Å². The lowest BCUT2D eigenvalue weighted by Gasteiger charge is -2.11. The zero-order valence-electron chi connectivity index (χ0n) is 16.7. The summed E-state index contributed by atoms with van der Waals surface area (Å²) in [6.07, 6.45) is 5.73. The van der Waals surface area contributed by atoms with E-state index in [1.165, 1.54) is 17.2 Å². The van der Waals surface area contributed by atoms with Gasteiger partial charge in [-0.25, -0.2) is 9.78 Å². The van der Waals surface area contributed by atoms with Crippen molar-refractivity contribution in [3.8, 4) is 23.3 Å². The number of carbonyl (C=O) groups excluding carboxylic acids is 1. The van der Waals surface area contributed by atoms with Gasteiger partial charge in [0.15, 0.2) is 6.04 Å². The molecule has 7 nitrogen and oxygen atoms in total. The van der Waals surface area contributed by atoms with Crippen molar-refractivity contribution in [2.75, 3.05) is 6.61 Å². The number of ether oxygens (including phenoxy) is 1. The maximum absolute atomic E-state index is 12.1. The van der Waals surface area contributed by atoms with Crippen LogP contribution in [0, 0.1) is 18.8 Å². The predicted molar refractivity (Wildman–Crippen MR) is 108 cm³/mol. The van der Waals surface area contributed by atoms with Crippen LogP contribution in [0.5, 0.6) is 0 Å². The van der Waals surface area contributed by atoms with E-state index in [-0.39, 0.29) is 5.97 Å². The minimum atomic E-state index is -0.622. The first-order chi connectivity index (χ1) is 14.2. The second kappa shape index (κ2) is 10.2. The summed E-state index contributed by atoms with van der Waals surface area (Å²) in [4.78, 5) is 18.0. The largest absolute Gasteiger partial charge is 0.464 e. The molecule has 1 aromatic carbocycles. The minimum absolute atomic E-state index is 0.312. The van der Waals surface area contributed by atoms with Crippen molar-refractivity contribution < 1.29 is 13.9 Å². The molecule has 1 atom stereocenters. The van der Waals surface area contributed by atoms with E-state index >= 15 is 0 Å². The Kier molecular flexibility index (Phi) is 7.17. The van der Waals surface area contributed by atoms with E-state index < -0.39 is 6.04 Å². The summed E-state index contributed by atoms with van der Waals surface area (Å²) in [5, 5.41) is 8.06. The topological polar surface area (TPSA) is 83.0 Å². The van der Waals surface area contributed by atoms with Crippen LogP contribution < -0.4 is 0 Å². The Labute approximate surface area is 170 Å².